The summed E-state index contributed by atoms with van der Waals surface area (Å²) in [5, 5.41) is 6.05. The number of esters is 1. The Balaban J connectivity index is 1.63. The van der Waals surface area contributed by atoms with E-state index in [0.29, 0.717) is 16.9 Å². The molecular formula is C22H20N2O4. The third-order valence-corrected chi connectivity index (χ3v) is 4.15. The minimum Gasteiger partial charge on any atom is -0.481 e. The van der Waals surface area contributed by atoms with Gasteiger partial charge in [-0.25, -0.2) is 10.2 Å². The van der Waals surface area contributed by atoms with Crippen molar-refractivity contribution in [3.63, 3.8) is 0 Å². The van der Waals surface area contributed by atoms with Gasteiger partial charge in [0.25, 0.3) is 5.91 Å². The van der Waals surface area contributed by atoms with E-state index in [2.05, 4.69) is 10.5 Å². The molecule has 0 aliphatic rings. The molecule has 0 saturated carbocycles. The van der Waals surface area contributed by atoms with Crippen molar-refractivity contribution in [3.8, 4) is 5.75 Å². The van der Waals surface area contributed by atoms with Gasteiger partial charge in [-0.1, -0.05) is 48.5 Å². The van der Waals surface area contributed by atoms with E-state index in [-0.39, 0.29) is 0 Å². The first kappa shape index (κ1) is 19.1. The molecule has 1 atom stereocenters. The number of benzene rings is 3. The lowest BCUT2D eigenvalue weighted by Gasteiger charge is -2.13. The molecule has 0 fully saturated rings. The SMILES string of the molecule is COC(=O)c1ccccc1/C=N\NC(=O)[C@H](C)Oc1ccc2ccccc2c1. The number of carbonyl (C=O) groups is 2. The van der Waals surface area contributed by atoms with Gasteiger partial charge in [0.2, 0.25) is 0 Å². The van der Waals surface area contributed by atoms with Gasteiger partial charge in [0, 0.05) is 5.56 Å². The molecular weight excluding hydrogens is 356 g/mol. The standard InChI is InChI=1S/C22H20N2O4/c1-15(28-19-12-11-16-7-3-4-8-17(16)13-19)21(25)24-23-14-18-9-5-6-10-20(18)22(26)27-2/h3-15H,1-2H3,(H,24,25)/b23-14-/t15-/m0/s1. The van der Waals surface area contributed by atoms with E-state index in [1.165, 1.54) is 13.3 Å². The summed E-state index contributed by atoms with van der Waals surface area (Å²) in [6.45, 7) is 1.64. The molecule has 142 valence electrons. The van der Waals surface area contributed by atoms with Crippen LogP contribution < -0.4 is 10.2 Å². The zero-order valence-corrected chi connectivity index (χ0v) is 15.6. The maximum atomic E-state index is 12.2. The van der Waals surface area contributed by atoms with Gasteiger partial charge in [0.1, 0.15) is 5.75 Å². The van der Waals surface area contributed by atoms with Gasteiger partial charge in [-0.2, -0.15) is 5.10 Å². The quantitative estimate of drug-likeness (QED) is 0.405. The maximum Gasteiger partial charge on any atom is 0.338 e. The zero-order valence-electron chi connectivity index (χ0n) is 15.6. The molecule has 0 aliphatic carbocycles. The van der Waals surface area contributed by atoms with Crippen LogP contribution in [0, 0.1) is 0 Å². The summed E-state index contributed by atoms with van der Waals surface area (Å²) in [6, 6.07) is 20.4. The number of rotatable bonds is 6. The molecule has 1 N–H and O–H groups in total. The number of hydrazone groups is 1. The second-order valence-electron chi connectivity index (χ2n) is 6.08. The average molecular weight is 376 g/mol. The van der Waals surface area contributed by atoms with Crippen molar-refractivity contribution in [1.29, 1.82) is 0 Å². The minimum atomic E-state index is -0.742. The molecule has 3 aromatic carbocycles. The van der Waals surface area contributed by atoms with Crippen LogP contribution in [-0.4, -0.2) is 31.3 Å². The molecule has 0 bridgehead atoms. The van der Waals surface area contributed by atoms with Gasteiger partial charge < -0.3 is 9.47 Å². The van der Waals surface area contributed by atoms with Crippen molar-refractivity contribution in [2.75, 3.05) is 7.11 Å². The first-order chi connectivity index (χ1) is 13.6. The molecule has 0 aromatic heterocycles. The molecule has 0 unspecified atom stereocenters. The van der Waals surface area contributed by atoms with Crippen LogP contribution in [0.1, 0.15) is 22.8 Å². The fourth-order valence-corrected chi connectivity index (χ4v) is 2.66. The van der Waals surface area contributed by atoms with E-state index in [1.807, 2.05) is 42.5 Å². The largest absolute Gasteiger partial charge is 0.481 e. The number of nitrogens with zero attached hydrogens (tertiary/aromatic N) is 1. The lowest BCUT2D eigenvalue weighted by atomic mass is 10.1. The van der Waals surface area contributed by atoms with E-state index in [9.17, 15) is 9.59 Å². The minimum absolute atomic E-state index is 0.364. The molecule has 0 radical (unpaired) electrons. The number of fused-ring (bicyclic) bond motifs is 1. The van der Waals surface area contributed by atoms with Crippen LogP contribution in [0.3, 0.4) is 0 Å². The summed E-state index contributed by atoms with van der Waals surface area (Å²) in [5.74, 6) is -0.275. The van der Waals surface area contributed by atoms with Crippen molar-refractivity contribution in [2.45, 2.75) is 13.0 Å². The predicted octanol–water partition coefficient (Wildman–Crippen LogP) is 3.54. The van der Waals surface area contributed by atoms with Crippen molar-refractivity contribution < 1.29 is 19.1 Å². The summed E-state index contributed by atoms with van der Waals surface area (Å²) < 4.78 is 10.4. The smallest absolute Gasteiger partial charge is 0.338 e. The highest BCUT2D eigenvalue weighted by molar-refractivity contribution is 5.99. The predicted molar refractivity (Wildman–Crippen MR) is 108 cm³/mol. The van der Waals surface area contributed by atoms with Crippen LogP contribution in [0.2, 0.25) is 0 Å². The van der Waals surface area contributed by atoms with E-state index in [4.69, 9.17) is 9.47 Å². The van der Waals surface area contributed by atoms with Crippen LogP contribution in [-0.2, 0) is 9.53 Å². The third kappa shape index (κ3) is 4.54. The Morgan fingerprint density at radius 2 is 1.71 bits per heavy atom. The Bertz CT molecular complexity index is 1030. The highest BCUT2D eigenvalue weighted by Crippen LogP contribution is 2.21. The second kappa shape index (κ2) is 8.81. The van der Waals surface area contributed by atoms with Crippen LogP contribution in [0.5, 0.6) is 5.75 Å². The summed E-state index contributed by atoms with van der Waals surface area (Å²) in [7, 11) is 1.31. The third-order valence-electron chi connectivity index (χ3n) is 4.15. The van der Waals surface area contributed by atoms with Crippen LogP contribution >= 0.6 is 0 Å². The highest BCUT2D eigenvalue weighted by Gasteiger charge is 2.14. The number of nitrogens with one attached hydrogen (secondary N) is 1. The van der Waals surface area contributed by atoms with E-state index >= 15 is 0 Å². The number of methoxy groups -OCH3 is 1. The summed E-state index contributed by atoms with van der Waals surface area (Å²) in [5.41, 5.74) is 3.33. The topological polar surface area (TPSA) is 77.0 Å². The molecule has 0 spiro atoms. The van der Waals surface area contributed by atoms with E-state index in [1.54, 1.807) is 31.2 Å². The van der Waals surface area contributed by atoms with Gasteiger partial charge in [-0.3, -0.25) is 4.79 Å². The maximum absolute atomic E-state index is 12.2. The van der Waals surface area contributed by atoms with Gasteiger partial charge in [-0.05, 0) is 35.9 Å². The van der Waals surface area contributed by atoms with Crippen LogP contribution in [0.15, 0.2) is 71.8 Å². The number of amides is 1. The Kier molecular flexibility index (Phi) is 6.01. The summed E-state index contributed by atoms with van der Waals surface area (Å²) in [4.78, 5) is 24.0. The van der Waals surface area contributed by atoms with Crippen molar-refractivity contribution in [2.24, 2.45) is 5.10 Å². The van der Waals surface area contributed by atoms with Gasteiger partial charge in [-0.15, -0.1) is 0 Å². The Hall–Kier alpha value is -3.67. The molecule has 6 heteroatoms. The van der Waals surface area contributed by atoms with Gasteiger partial charge >= 0.3 is 5.97 Å². The molecule has 0 aliphatic heterocycles. The van der Waals surface area contributed by atoms with Crippen molar-refractivity contribution >= 4 is 28.9 Å². The van der Waals surface area contributed by atoms with E-state index in [0.717, 1.165) is 10.8 Å². The van der Waals surface area contributed by atoms with Crippen molar-refractivity contribution in [1.82, 2.24) is 5.43 Å². The molecule has 1 amide bonds. The number of carbonyl (C=O) groups excluding carboxylic acids is 2. The van der Waals surface area contributed by atoms with Gasteiger partial charge in [0.05, 0.1) is 18.9 Å². The Morgan fingerprint density at radius 1 is 1.00 bits per heavy atom. The number of hydrogen-bond donors (Lipinski definition) is 1. The molecule has 3 aromatic rings. The molecule has 0 saturated heterocycles. The molecule has 6 nitrogen and oxygen atoms in total. The lowest BCUT2D eigenvalue weighted by Crippen LogP contribution is -2.33. The first-order valence-electron chi connectivity index (χ1n) is 8.74. The molecule has 0 heterocycles. The van der Waals surface area contributed by atoms with Crippen molar-refractivity contribution in [3.05, 3.63) is 77.9 Å². The number of hydrogen-bond acceptors (Lipinski definition) is 5. The number of ether oxygens (including phenoxy) is 2. The van der Waals surface area contributed by atoms with E-state index < -0.39 is 18.0 Å². The highest BCUT2D eigenvalue weighted by atomic mass is 16.5. The normalized spacial score (nSPS) is 11.9. The zero-order chi connectivity index (χ0) is 19.9. The van der Waals surface area contributed by atoms with Crippen LogP contribution in [0.4, 0.5) is 0 Å². The second-order valence-corrected chi connectivity index (χ2v) is 6.08. The first-order valence-corrected chi connectivity index (χ1v) is 8.74. The summed E-state index contributed by atoms with van der Waals surface area (Å²) in [6.07, 6.45) is 0.654. The summed E-state index contributed by atoms with van der Waals surface area (Å²) >= 11 is 0. The Labute approximate surface area is 162 Å². The lowest BCUT2D eigenvalue weighted by molar-refractivity contribution is -0.127. The monoisotopic (exact) mass is 376 g/mol. The van der Waals surface area contributed by atoms with Crippen LogP contribution in [0.25, 0.3) is 10.8 Å². The fraction of sp³-hybridized carbons (Fsp3) is 0.136. The molecule has 28 heavy (non-hydrogen) atoms. The molecule has 3 rings (SSSR count). The fourth-order valence-electron chi connectivity index (χ4n) is 2.66. The van der Waals surface area contributed by atoms with Gasteiger partial charge in [0.15, 0.2) is 6.10 Å². The Morgan fingerprint density at radius 3 is 2.50 bits per heavy atom. The average Bonchev–Trinajstić information content (AvgIpc) is 2.73.